The zero-order valence-electron chi connectivity index (χ0n) is 23.4. The van der Waals surface area contributed by atoms with Crippen molar-refractivity contribution in [1.82, 2.24) is 14.9 Å². The van der Waals surface area contributed by atoms with E-state index in [0.29, 0.717) is 44.4 Å². The van der Waals surface area contributed by atoms with E-state index in [4.69, 9.17) is 9.72 Å². The molecule has 1 aliphatic heterocycles. The van der Waals surface area contributed by atoms with Gasteiger partial charge in [0.1, 0.15) is 11.1 Å². The van der Waals surface area contributed by atoms with E-state index in [9.17, 15) is 9.00 Å². The number of anilines is 1. The van der Waals surface area contributed by atoms with Crippen molar-refractivity contribution < 1.29 is 13.7 Å². The third-order valence-corrected chi connectivity index (χ3v) is 10.3. The van der Waals surface area contributed by atoms with Crippen molar-refractivity contribution in [1.29, 1.82) is 0 Å². The SMILES string of the molecule is Cc1cccc(C)c1-c1nc2nc(c1Br)OCC(CC(C)C)N(C1CC3(CC3)C1)C(=O)c1cccc(c1)S(=O)N2. The van der Waals surface area contributed by atoms with Gasteiger partial charge in [-0.1, -0.05) is 38.1 Å². The van der Waals surface area contributed by atoms with E-state index in [1.54, 1.807) is 18.2 Å². The van der Waals surface area contributed by atoms with Crippen LogP contribution >= 0.6 is 15.9 Å². The smallest absolute Gasteiger partial charge is 0.254 e. The molecule has 2 fully saturated rings. The van der Waals surface area contributed by atoms with E-state index >= 15 is 0 Å². The standard InChI is InChI=1S/C31H35BrN4O3S/c1-18(2)13-22-17-39-28-26(32)27(25-19(3)7-5-8-20(25)4)33-30(34-28)35-40(38)24-10-6-9-21(14-24)29(37)36(22)23-15-31(16-23)11-12-31/h5-10,14,18,22-23H,11-13,15-17H2,1-4H3,(H,33,34,35). The third-order valence-electron chi connectivity index (χ3n) is 8.49. The van der Waals surface area contributed by atoms with Gasteiger partial charge in [-0.25, -0.2) is 9.19 Å². The summed E-state index contributed by atoms with van der Waals surface area (Å²) in [4.78, 5) is 26.2. The van der Waals surface area contributed by atoms with Gasteiger partial charge in [0.2, 0.25) is 11.8 Å². The predicted molar refractivity (Wildman–Crippen MR) is 161 cm³/mol. The van der Waals surface area contributed by atoms with Crippen LogP contribution in [0, 0.1) is 25.2 Å². The number of aryl methyl sites for hydroxylation is 2. The number of carbonyl (C=O) groups excluding carboxylic acids is 1. The lowest BCUT2D eigenvalue weighted by Gasteiger charge is -2.47. The first kappa shape index (κ1) is 27.4. The largest absolute Gasteiger partial charge is 0.475 e. The van der Waals surface area contributed by atoms with Gasteiger partial charge in [-0.05, 0) is 103 Å². The Bertz CT molecular complexity index is 1480. The Morgan fingerprint density at radius 2 is 1.82 bits per heavy atom. The fourth-order valence-electron chi connectivity index (χ4n) is 6.29. The highest BCUT2D eigenvalue weighted by atomic mass is 79.9. The van der Waals surface area contributed by atoms with Gasteiger partial charge in [-0.3, -0.25) is 9.52 Å². The van der Waals surface area contributed by atoms with Crippen LogP contribution in [0.4, 0.5) is 5.95 Å². The quantitative estimate of drug-likeness (QED) is 0.344. The van der Waals surface area contributed by atoms with Crippen LogP contribution in [0.25, 0.3) is 11.3 Å². The first-order valence-corrected chi connectivity index (χ1v) is 16.0. The van der Waals surface area contributed by atoms with Gasteiger partial charge in [0.05, 0.1) is 16.6 Å². The molecule has 40 heavy (non-hydrogen) atoms. The zero-order valence-corrected chi connectivity index (χ0v) is 25.8. The Morgan fingerprint density at radius 1 is 1.12 bits per heavy atom. The van der Waals surface area contributed by atoms with Crippen LogP contribution in [0.15, 0.2) is 51.8 Å². The van der Waals surface area contributed by atoms with Gasteiger partial charge in [-0.2, -0.15) is 4.98 Å². The molecule has 2 atom stereocenters. The Morgan fingerprint density at radius 3 is 2.50 bits per heavy atom. The predicted octanol–water partition coefficient (Wildman–Crippen LogP) is 6.85. The van der Waals surface area contributed by atoms with Crippen molar-refractivity contribution in [3.05, 3.63) is 63.6 Å². The molecule has 210 valence electrons. The van der Waals surface area contributed by atoms with Gasteiger partial charge in [0, 0.05) is 17.2 Å². The lowest BCUT2D eigenvalue weighted by Crippen LogP contribution is -2.55. The van der Waals surface area contributed by atoms with Crippen LogP contribution in [0.2, 0.25) is 0 Å². The van der Waals surface area contributed by atoms with Crippen LogP contribution in [0.1, 0.15) is 67.4 Å². The Labute approximate surface area is 246 Å². The third kappa shape index (κ3) is 5.18. The highest BCUT2D eigenvalue weighted by Gasteiger charge is 2.56. The maximum absolute atomic E-state index is 14.2. The van der Waals surface area contributed by atoms with Gasteiger partial charge in [0.25, 0.3) is 5.91 Å². The second-order valence-electron chi connectivity index (χ2n) is 12.0. The van der Waals surface area contributed by atoms with Gasteiger partial charge in [0.15, 0.2) is 11.0 Å². The summed E-state index contributed by atoms with van der Waals surface area (Å²) in [6.07, 6.45) is 5.40. The number of nitrogens with zero attached hydrogens (tertiary/aromatic N) is 3. The summed E-state index contributed by atoms with van der Waals surface area (Å²) in [6, 6.07) is 13.3. The highest BCUT2D eigenvalue weighted by molar-refractivity contribution is 9.10. The molecule has 1 amide bonds. The zero-order chi connectivity index (χ0) is 28.2. The van der Waals surface area contributed by atoms with E-state index in [1.807, 2.05) is 38.1 Å². The number of hydrogen-bond donors (Lipinski definition) is 1. The Balaban J connectivity index is 1.47. The molecule has 3 aliphatic rings. The summed E-state index contributed by atoms with van der Waals surface area (Å²) in [5.41, 5.74) is 4.76. The summed E-state index contributed by atoms with van der Waals surface area (Å²) in [6.45, 7) is 8.75. The average Bonchev–Trinajstić information content (AvgIpc) is 3.69. The van der Waals surface area contributed by atoms with Crippen molar-refractivity contribution in [3.8, 4) is 17.1 Å². The average molecular weight is 624 g/mol. The van der Waals surface area contributed by atoms with E-state index in [0.717, 1.165) is 36.0 Å². The monoisotopic (exact) mass is 622 g/mol. The van der Waals surface area contributed by atoms with Crippen molar-refractivity contribution in [2.24, 2.45) is 11.3 Å². The molecule has 3 aromatic rings. The maximum atomic E-state index is 14.2. The normalized spacial score (nSPS) is 22.1. The fraction of sp³-hybridized carbons (Fsp3) is 0.452. The van der Waals surface area contributed by atoms with Gasteiger partial charge < -0.3 is 9.64 Å². The number of nitrogens with one attached hydrogen (secondary N) is 1. The van der Waals surface area contributed by atoms with Gasteiger partial charge >= 0.3 is 0 Å². The number of fused-ring (bicyclic) bond motifs is 4. The lowest BCUT2D eigenvalue weighted by molar-refractivity contribution is 0.00911. The molecule has 1 N–H and O–H groups in total. The molecule has 1 aromatic heterocycles. The molecule has 2 heterocycles. The van der Waals surface area contributed by atoms with Crippen molar-refractivity contribution in [2.45, 2.75) is 76.8 Å². The summed E-state index contributed by atoms with van der Waals surface area (Å²) >= 11 is 3.74. The number of benzene rings is 2. The Kier molecular flexibility index (Phi) is 7.23. The molecule has 6 rings (SSSR count). The van der Waals surface area contributed by atoms with Crippen molar-refractivity contribution in [2.75, 3.05) is 11.3 Å². The molecule has 2 aliphatic carbocycles. The van der Waals surface area contributed by atoms with E-state index in [1.165, 1.54) is 12.8 Å². The number of amides is 1. The molecule has 2 aromatic carbocycles. The van der Waals surface area contributed by atoms with Crippen molar-refractivity contribution >= 4 is 38.8 Å². The van der Waals surface area contributed by atoms with Crippen molar-refractivity contribution in [3.63, 3.8) is 0 Å². The van der Waals surface area contributed by atoms with Crippen LogP contribution in [0.5, 0.6) is 5.88 Å². The minimum absolute atomic E-state index is 0.0269. The van der Waals surface area contributed by atoms with Crippen LogP contribution < -0.4 is 9.46 Å². The molecule has 7 nitrogen and oxygen atoms in total. The Hall–Kier alpha value is -2.78. The number of ether oxygens (including phenoxy) is 1. The van der Waals surface area contributed by atoms with E-state index in [-0.39, 0.29) is 23.9 Å². The molecule has 2 unspecified atom stereocenters. The molecular formula is C31H35BrN4O3S. The topological polar surface area (TPSA) is 84.4 Å². The number of aromatic nitrogens is 2. The van der Waals surface area contributed by atoms with Crippen LogP contribution in [0.3, 0.4) is 0 Å². The first-order valence-electron chi connectivity index (χ1n) is 14.0. The van der Waals surface area contributed by atoms with Gasteiger partial charge in [-0.15, -0.1) is 0 Å². The molecule has 0 radical (unpaired) electrons. The van der Waals surface area contributed by atoms with E-state index < -0.39 is 11.0 Å². The summed E-state index contributed by atoms with van der Waals surface area (Å²) < 4.78 is 23.6. The molecular weight excluding hydrogens is 588 g/mol. The minimum Gasteiger partial charge on any atom is -0.475 e. The van der Waals surface area contributed by atoms with Crippen LogP contribution in [-0.4, -0.2) is 43.7 Å². The number of rotatable bonds is 4. The number of hydrogen-bond acceptors (Lipinski definition) is 5. The molecule has 2 saturated carbocycles. The molecule has 0 saturated heterocycles. The molecule has 1 spiro atoms. The first-order chi connectivity index (χ1) is 19.1. The summed E-state index contributed by atoms with van der Waals surface area (Å²) in [7, 11) is -1.68. The maximum Gasteiger partial charge on any atom is 0.254 e. The lowest BCUT2D eigenvalue weighted by atomic mass is 9.75. The summed E-state index contributed by atoms with van der Waals surface area (Å²) in [5.74, 6) is 0.911. The second-order valence-corrected chi connectivity index (χ2v) is 14.1. The number of halogens is 1. The fourth-order valence-corrected chi connectivity index (χ4v) is 7.59. The molecule has 9 heteroatoms. The number of carbonyl (C=O) groups is 1. The highest BCUT2D eigenvalue weighted by Crippen LogP contribution is 2.62. The molecule has 4 bridgehead atoms. The van der Waals surface area contributed by atoms with Crippen LogP contribution in [-0.2, 0) is 11.0 Å². The summed E-state index contributed by atoms with van der Waals surface area (Å²) in [5, 5.41) is 0. The van der Waals surface area contributed by atoms with E-state index in [2.05, 4.69) is 44.4 Å². The minimum atomic E-state index is -1.68. The second kappa shape index (κ2) is 10.6.